The summed E-state index contributed by atoms with van der Waals surface area (Å²) in [5.41, 5.74) is 1.98. The average molecular weight is 290 g/mol. The molecule has 1 heterocycles. The van der Waals surface area contributed by atoms with E-state index in [1.165, 1.54) is 6.92 Å². The molecule has 0 N–H and O–H groups in total. The first-order chi connectivity index (χ1) is 10.1. The minimum absolute atomic E-state index is 0.0476. The van der Waals surface area contributed by atoms with Crippen LogP contribution in [0.2, 0.25) is 0 Å². The molecule has 1 aromatic carbocycles. The lowest BCUT2D eigenvalue weighted by Crippen LogP contribution is -2.42. The van der Waals surface area contributed by atoms with Crippen LogP contribution in [0.3, 0.4) is 0 Å². The summed E-state index contributed by atoms with van der Waals surface area (Å²) in [6, 6.07) is 7.76. The largest absolute Gasteiger partial charge is 0.378 e. The van der Waals surface area contributed by atoms with Gasteiger partial charge in [-0.25, -0.2) is 0 Å². The van der Waals surface area contributed by atoms with Crippen LogP contribution in [0, 0.1) is 6.92 Å². The van der Waals surface area contributed by atoms with Crippen LogP contribution in [0.4, 0.5) is 5.69 Å². The summed E-state index contributed by atoms with van der Waals surface area (Å²) in [6.45, 7) is 6.42. The Kier molecular flexibility index (Phi) is 5.33. The number of ether oxygens (including phenoxy) is 1. The number of anilines is 1. The van der Waals surface area contributed by atoms with Gasteiger partial charge in [-0.2, -0.15) is 0 Å². The zero-order chi connectivity index (χ0) is 15.2. The van der Waals surface area contributed by atoms with Gasteiger partial charge in [-0.15, -0.1) is 0 Å². The van der Waals surface area contributed by atoms with Gasteiger partial charge in [0.05, 0.1) is 13.2 Å². The first kappa shape index (κ1) is 15.5. The van der Waals surface area contributed by atoms with Crippen LogP contribution >= 0.6 is 0 Å². The quantitative estimate of drug-likeness (QED) is 0.846. The van der Waals surface area contributed by atoms with E-state index in [-0.39, 0.29) is 11.8 Å². The van der Waals surface area contributed by atoms with Crippen LogP contribution in [0.1, 0.15) is 18.9 Å². The van der Waals surface area contributed by atoms with E-state index in [1.807, 2.05) is 31.2 Å². The number of nitrogens with zero attached hydrogens (tertiary/aromatic N) is 2. The lowest BCUT2D eigenvalue weighted by molar-refractivity contribution is -0.135. The number of hydrogen-bond acceptors (Lipinski definition) is 3. The molecule has 1 aliphatic rings. The predicted molar refractivity (Wildman–Crippen MR) is 81.2 cm³/mol. The molecule has 2 amide bonds. The number of rotatable bonds is 4. The van der Waals surface area contributed by atoms with E-state index in [4.69, 9.17) is 4.74 Å². The van der Waals surface area contributed by atoms with Crippen molar-refractivity contribution in [3.8, 4) is 0 Å². The van der Waals surface area contributed by atoms with Crippen molar-refractivity contribution in [2.24, 2.45) is 0 Å². The molecule has 0 bridgehead atoms. The molecular weight excluding hydrogens is 268 g/mol. The molecule has 1 aromatic rings. The summed E-state index contributed by atoms with van der Waals surface area (Å²) in [5.74, 6) is 0.0327. The zero-order valence-corrected chi connectivity index (χ0v) is 12.7. The first-order valence-corrected chi connectivity index (χ1v) is 7.28. The Morgan fingerprint density at radius 2 is 1.81 bits per heavy atom. The van der Waals surface area contributed by atoms with Crippen molar-refractivity contribution < 1.29 is 14.3 Å². The topological polar surface area (TPSA) is 49.9 Å². The van der Waals surface area contributed by atoms with Gasteiger partial charge in [-0.1, -0.05) is 17.7 Å². The zero-order valence-electron chi connectivity index (χ0n) is 12.7. The minimum atomic E-state index is -0.0476. The molecular formula is C16H22N2O3. The fourth-order valence-corrected chi connectivity index (χ4v) is 2.37. The molecule has 21 heavy (non-hydrogen) atoms. The second kappa shape index (κ2) is 7.22. The molecule has 0 atom stereocenters. The summed E-state index contributed by atoms with van der Waals surface area (Å²) >= 11 is 0. The normalized spacial score (nSPS) is 14.9. The highest BCUT2D eigenvalue weighted by Gasteiger charge is 2.19. The van der Waals surface area contributed by atoms with Crippen molar-refractivity contribution in [3.63, 3.8) is 0 Å². The van der Waals surface area contributed by atoms with Crippen LogP contribution < -0.4 is 4.90 Å². The van der Waals surface area contributed by atoms with Crippen LogP contribution in [0.25, 0.3) is 0 Å². The third kappa shape index (κ3) is 4.29. The SMILES string of the molecule is CC(=O)N(CCC(=O)N1CCOCC1)c1ccc(C)cc1. The Morgan fingerprint density at radius 3 is 2.38 bits per heavy atom. The lowest BCUT2D eigenvalue weighted by Gasteiger charge is -2.28. The summed E-state index contributed by atoms with van der Waals surface area (Å²) in [6.07, 6.45) is 0.341. The number of carbonyl (C=O) groups excluding carboxylic acids is 2. The third-order valence-electron chi connectivity index (χ3n) is 3.64. The number of carbonyl (C=O) groups is 2. The van der Waals surface area contributed by atoms with Gasteiger partial charge >= 0.3 is 0 Å². The molecule has 1 saturated heterocycles. The van der Waals surface area contributed by atoms with Gasteiger partial charge in [0.2, 0.25) is 11.8 Å². The Bertz CT molecular complexity index is 493. The van der Waals surface area contributed by atoms with Crippen molar-refractivity contribution in [1.82, 2.24) is 4.90 Å². The summed E-state index contributed by atoms with van der Waals surface area (Å²) in [5, 5.41) is 0. The van der Waals surface area contributed by atoms with E-state index < -0.39 is 0 Å². The van der Waals surface area contributed by atoms with Gasteiger partial charge in [-0.3, -0.25) is 9.59 Å². The number of hydrogen-bond donors (Lipinski definition) is 0. The molecule has 0 unspecified atom stereocenters. The number of benzene rings is 1. The highest BCUT2D eigenvalue weighted by atomic mass is 16.5. The molecule has 2 rings (SSSR count). The summed E-state index contributed by atoms with van der Waals surface area (Å²) in [4.78, 5) is 27.4. The lowest BCUT2D eigenvalue weighted by atomic mass is 10.2. The summed E-state index contributed by atoms with van der Waals surface area (Å²) in [7, 11) is 0. The maximum Gasteiger partial charge on any atom is 0.224 e. The Hall–Kier alpha value is -1.88. The standard InChI is InChI=1S/C16H22N2O3/c1-13-3-5-15(6-4-13)18(14(2)19)8-7-16(20)17-9-11-21-12-10-17/h3-6H,7-12H2,1-2H3. The number of aryl methyl sites for hydroxylation is 1. The molecule has 0 aliphatic carbocycles. The van der Waals surface area contributed by atoms with E-state index in [9.17, 15) is 9.59 Å². The van der Waals surface area contributed by atoms with E-state index in [1.54, 1.807) is 9.80 Å². The molecule has 0 aromatic heterocycles. The molecule has 114 valence electrons. The van der Waals surface area contributed by atoms with Crippen molar-refractivity contribution in [2.45, 2.75) is 20.3 Å². The van der Waals surface area contributed by atoms with Gasteiger partial charge in [0.25, 0.3) is 0 Å². The molecule has 0 spiro atoms. The fraction of sp³-hybridized carbons (Fsp3) is 0.500. The highest BCUT2D eigenvalue weighted by molar-refractivity contribution is 5.92. The van der Waals surface area contributed by atoms with Crippen molar-refractivity contribution in [1.29, 1.82) is 0 Å². The molecule has 5 nitrogen and oxygen atoms in total. The van der Waals surface area contributed by atoms with E-state index in [0.717, 1.165) is 11.3 Å². The van der Waals surface area contributed by atoms with Crippen molar-refractivity contribution >= 4 is 17.5 Å². The van der Waals surface area contributed by atoms with Gasteiger partial charge in [0.1, 0.15) is 0 Å². The average Bonchev–Trinajstić information content (AvgIpc) is 2.49. The van der Waals surface area contributed by atoms with Crippen LogP contribution in [-0.4, -0.2) is 49.6 Å². The van der Waals surface area contributed by atoms with Gasteiger partial charge in [0, 0.05) is 38.7 Å². The van der Waals surface area contributed by atoms with E-state index in [0.29, 0.717) is 39.3 Å². The smallest absolute Gasteiger partial charge is 0.224 e. The molecule has 5 heteroatoms. The minimum Gasteiger partial charge on any atom is -0.378 e. The molecule has 0 radical (unpaired) electrons. The van der Waals surface area contributed by atoms with Crippen molar-refractivity contribution in [2.75, 3.05) is 37.7 Å². The van der Waals surface area contributed by atoms with Gasteiger partial charge < -0.3 is 14.5 Å². The van der Waals surface area contributed by atoms with Crippen LogP contribution in [0.15, 0.2) is 24.3 Å². The number of morpholine rings is 1. The van der Waals surface area contributed by atoms with Crippen molar-refractivity contribution in [3.05, 3.63) is 29.8 Å². The van der Waals surface area contributed by atoms with Crippen LogP contribution in [0.5, 0.6) is 0 Å². The predicted octanol–water partition coefficient (Wildman–Crippen LogP) is 1.60. The second-order valence-corrected chi connectivity index (χ2v) is 5.25. The first-order valence-electron chi connectivity index (χ1n) is 7.28. The third-order valence-corrected chi connectivity index (χ3v) is 3.64. The highest BCUT2D eigenvalue weighted by Crippen LogP contribution is 2.16. The Morgan fingerprint density at radius 1 is 1.19 bits per heavy atom. The Balaban J connectivity index is 1.95. The molecule has 0 saturated carbocycles. The maximum atomic E-state index is 12.1. The second-order valence-electron chi connectivity index (χ2n) is 5.25. The molecule has 1 aliphatic heterocycles. The van der Waals surface area contributed by atoms with Gasteiger partial charge in [0.15, 0.2) is 0 Å². The van der Waals surface area contributed by atoms with E-state index in [2.05, 4.69) is 0 Å². The van der Waals surface area contributed by atoms with Gasteiger partial charge in [-0.05, 0) is 19.1 Å². The molecule has 1 fully saturated rings. The fourth-order valence-electron chi connectivity index (χ4n) is 2.37. The van der Waals surface area contributed by atoms with Crippen LogP contribution in [-0.2, 0) is 14.3 Å². The summed E-state index contributed by atoms with van der Waals surface area (Å²) < 4.78 is 5.24. The monoisotopic (exact) mass is 290 g/mol. The number of amides is 2. The maximum absolute atomic E-state index is 12.1. The van der Waals surface area contributed by atoms with E-state index >= 15 is 0 Å². The Labute approximate surface area is 125 Å².